The summed E-state index contributed by atoms with van der Waals surface area (Å²) in [5, 5.41) is 4.42. The molecule has 0 bridgehead atoms. The highest BCUT2D eigenvalue weighted by molar-refractivity contribution is 7.15. The molecule has 0 aliphatic heterocycles. The van der Waals surface area contributed by atoms with Crippen molar-refractivity contribution >= 4 is 22.4 Å². The number of hydrogen-bond acceptors (Lipinski definition) is 6. The second-order valence-electron chi connectivity index (χ2n) is 7.25. The van der Waals surface area contributed by atoms with E-state index in [0.29, 0.717) is 15.3 Å². The van der Waals surface area contributed by atoms with Gasteiger partial charge >= 0.3 is 0 Å². The van der Waals surface area contributed by atoms with Gasteiger partial charge in [0.05, 0.1) is 18.2 Å². The highest BCUT2D eigenvalue weighted by atomic mass is 32.1. The smallest absolute Gasteiger partial charge is 0.291 e. The van der Waals surface area contributed by atoms with Crippen LogP contribution in [0.2, 0.25) is 0 Å². The van der Waals surface area contributed by atoms with E-state index in [9.17, 15) is 4.79 Å². The molecule has 4 rings (SSSR count). The molecule has 0 aliphatic rings. The fourth-order valence-corrected chi connectivity index (χ4v) is 4.13. The molecule has 0 saturated carbocycles. The van der Waals surface area contributed by atoms with Crippen LogP contribution in [0, 0.1) is 0 Å². The van der Waals surface area contributed by atoms with E-state index in [0.717, 1.165) is 35.7 Å². The average molecular weight is 436 g/mol. The van der Waals surface area contributed by atoms with Gasteiger partial charge in [0.25, 0.3) is 5.56 Å². The fourth-order valence-electron chi connectivity index (χ4n) is 3.23. The minimum Gasteiger partial charge on any atom is -0.497 e. The summed E-state index contributed by atoms with van der Waals surface area (Å²) in [6, 6.07) is 15.2. The Labute approximate surface area is 184 Å². The molecular weight excluding hydrogens is 410 g/mol. The Kier molecular flexibility index (Phi) is 6.62. The van der Waals surface area contributed by atoms with Crippen LogP contribution in [-0.4, -0.2) is 28.3 Å². The van der Waals surface area contributed by atoms with Crippen molar-refractivity contribution in [3.05, 3.63) is 69.0 Å². The van der Waals surface area contributed by atoms with Crippen LogP contribution >= 0.6 is 11.3 Å². The first-order valence-electron chi connectivity index (χ1n) is 10.5. The number of aromatic nitrogens is 3. The van der Waals surface area contributed by atoms with E-state index in [1.165, 1.54) is 35.1 Å². The van der Waals surface area contributed by atoms with Crippen LogP contribution in [0.4, 0.5) is 0 Å². The van der Waals surface area contributed by atoms with E-state index in [2.05, 4.69) is 17.0 Å². The molecule has 0 radical (unpaired) electrons. The summed E-state index contributed by atoms with van der Waals surface area (Å²) in [5.41, 5.74) is 1.61. The molecule has 4 aromatic rings. The third-order valence-corrected chi connectivity index (χ3v) is 5.93. The van der Waals surface area contributed by atoms with Gasteiger partial charge in [-0.2, -0.15) is 9.50 Å². The maximum Gasteiger partial charge on any atom is 0.291 e. The number of ether oxygens (including phenoxy) is 2. The van der Waals surface area contributed by atoms with Crippen molar-refractivity contribution in [2.75, 3.05) is 13.7 Å². The minimum atomic E-state index is -0.165. The number of rotatable bonds is 9. The second kappa shape index (κ2) is 9.75. The Morgan fingerprint density at radius 3 is 2.42 bits per heavy atom. The van der Waals surface area contributed by atoms with Crippen molar-refractivity contribution in [3.63, 3.8) is 0 Å². The van der Waals surface area contributed by atoms with Gasteiger partial charge in [0, 0.05) is 5.56 Å². The van der Waals surface area contributed by atoms with Crippen LogP contribution < -0.4 is 19.6 Å². The van der Waals surface area contributed by atoms with Crippen LogP contribution in [0.25, 0.3) is 22.4 Å². The minimum absolute atomic E-state index is 0.165. The SMILES string of the molecule is CCCCCCOc1ccc(-c2nc3s/c(=C\c4ccc(OC)cc4)c(=O)n3n2)cc1. The predicted molar refractivity (Wildman–Crippen MR) is 124 cm³/mol. The summed E-state index contributed by atoms with van der Waals surface area (Å²) in [7, 11) is 1.63. The summed E-state index contributed by atoms with van der Waals surface area (Å²) in [5.74, 6) is 2.15. The third kappa shape index (κ3) is 4.94. The van der Waals surface area contributed by atoms with Gasteiger partial charge in [-0.05, 0) is 54.5 Å². The summed E-state index contributed by atoms with van der Waals surface area (Å²) in [4.78, 5) is 17.9. The van der Waals surface area contributed by atoms with Gasteiger partial charge in [-0.25, -0.2) is 0 Å². The molecule has 0 fully saturated rings. The number of methoxy groups -OCH3 is 1. The summed E-state index contributed by atoms with van der Waals surface area (Å²) in [6.07, 6.45) is 6.56. The first-order valence-corrected chi connectivity index (χ1v) is 11.3. The molecule has 2 aromatic carbocycles. The Bertz CT molecular complexity index is 1240. The van der Waals surface area contributed by atoms with E-state index < -0.39 is 0 Å². The van der Waals surface area contributed by atoms with E-state index in [1.54, 1.807) is 7.11 Å². The lowest BCUT2D eigenvalue weighted by Gasteiger charge is -2.06. The molecule has 0 aliphatic carbocycles. The Hall–Kier alpha value is -3.19. The van der Waals surface area contributed by atoms with E-state index in [1.807, 2.05) is 54.6 Å². The van der Waals surface area contributed by atoms with E-state index in [4.69, 9.17) is 9.47 Å². The lowest BCUT2D eigenvalue weighted by Crippen LogP contribution is -2.23. The lowest BCUT2D eigenvalue weighted by atomic mass is 10.2. The molecular formula is C24H25N3O3S. The normalized spacial score (nSPS) is 11.9. The number of benzene rings is 2. The van der Waals surface area contributed by atoms with Gasteiger partial charge in [0.15, 0.2) is 5.82 Å². The fraction of sp³-hybridized carbons (Fsp3) is 0.292. The zero-order chi connectivity index (χ0) is 21.6. The number of thiazole rings is 1. The molecule has 6 nitrogen and oxygen atoms in total. The monoisotopic (exact) mass is 435 g/mol. The van der Waals surface area contributed by atoms with Crippen LogP contribution in [0.5, 0.6) is 11.5 Å². The molecule has 0 saturated heterocycles. The van der Waals surface area contributed by atoms with Crippen LogP contribution in [0.1, 0.15) is 38.2 Å². The highest BCUT2D eigenvalue weighted by Crippen LogP contribution is 2.21. The zero-order valence-corrected chi connectivity index (χ0v) is 18.5. The average Bonchev–Trinajstić information content (AvgIpc) is 3.34. The highest BCUT2D eigenvalue weighted by Gasteiger charge is 2.12. The number of hydrogen-bond donors (Lipinski definition) is 0. The second-order valence-corrected chi connectivity index (χ2v) is 8.26. The quantitative estimate of drug-likeness (QED) is 0.366. The van der Waals surface area contributed by atoms with Crippen LogP contribution in [-0.2, 0) is 0 Å². The van der Waals surface area contributed by atoms with Crippen molar-refractivity contribution in [1.82, 2.24) is 14.6 Å². The molecule has 0 spiro atoms. The van der Waals surface area contributed by atoms with Gasteiger partial charge in [0.2, 0.25) is 4.96 Å². The van der Waals surface area contributed by atoms with Crippen molar-refractivity contribution in [3.8, 4) is 22.9 Å². The molecule has 0 N–H and O–H groups in total. The molecule has 0 amide bonds. The van der Waals surface area contributed by atoms with Crippen molar-refractivity contribution in [2.45, 2.75) is 32.6 Å². The van der Waals surface area contributed by atoms with Gasteiger partial charge in [-0.1, -0.05) is 49.7 Å². The van der Waals surface area contributed by atoms with Crippen molar-refractivity contribution in [2.24, 2.45) is 0 Å². The molecule has 31 heavy (non-hydrogen) atoms. The zero-order valence-electron chi connectivity index (χ0n) is 17.7. The Morgan fingerprint density at radius 2 is 1.74 bits per heavy atom. The molecule has 2 aromatic heterocycles. The summed E-state index contributed by atoms with van der Waals surface area (Å²) in [6.45, 7) is 2.92. The Morgan fingerprint density at radius 1 is 1.00 bits per heavy atom. The van der Waals surface area contributed by atoms with Crippen LogP contribution in [0.15, 0.2) is 53.3 Å². The largest absolute Gasteiger partial charge is 0.497 e. The first kappa shape index (κ1) is 21.1. The number of unbranched alkanes of at least 4 members (excludes halogenated alkanes) is 3. The van der Waals surface area contributed by atoms with Crippen LogP contribution in [0.3, 0.4) is 0 Å². The number of fused-ring (bicyclic) bond motifs is 1. The molecule has 0 unspecified atom stereocenters. The lowest BCUT2D eigenvalue weighted by molar-refractivity contribution is 0.305. The van der Waals surface area contributed by atoms with Gasteiger partial charge < -0.3 is 9.47 Å². The van der Waals surface area contributed by atoms with Crippen molar-refractivity contribution < 1.29 is 9.47 Å². The summed E-state index contributed by atoms with van der Waals surface area (Å²) >= 11 is 1.33. The predicted octanol–water partition coefficient (Wildman–Crippen LogP) is 4.33. The van der Waals surface area contributed by atoms with E-state index >= 15 is 0 Å². The standard InChI is InChI=1S/C24H25N3O3S/c1-3-4-5-6-15-30-20-13-9-18(10-14-20)22-25-24-27(26-22)23(28)21(31-24)16-17-7-11-19(29-2)12-8-17/h7-14,16H,3-6,15H2,1-2H3/b21-16-. The summed E-state index contributed by atoms with van der Waals surface area (Å²) < 4.78 is 12.9. The maximum absolute atomic E-state index is 12.7. The molecule has 7 heteroatoms. The molecule has 160 valence electrons. The van der Waals surface area contributed by atoms with Gasteiger partial charge in [-0.3, -0.25) is 4.79 Å². The van der Waals surface area contributed by atoms with Gasteiger partial charge in [-0.15, -0.1) is 5.10 Å². The van der Waals surface area contributed by atoms with Gasteiger partial charge in [0.1, 0.15) is 11.5 Å². The Balaban J connectivity index is 1.50. The molecule has 2 heterocycles. The van der Waals surface area contributed by atoms with E-state index in [-0.39, 0.29) is 5.56 Å². The number of nitrogens with zero attached hydrogens (tertiary/aromatic N) is 3. The van der Waals surface area contributed by atoms with Crippen molar-refractivity contribution in [1.29, 1.82) is 0 Å². The topological polar surface area (TPSA) is 65.7 Å². The molecule has 0 atom stereocenters. The maximum atomic E-state index is 12.7. The first-order chi connectivity index (χ1) is 15.2. The third-order valence-electron chi connectivity index (χ3n) is 4.97.